The molecule has 2 atom stereocenters. The van der Waals surface area contributed by atoms with E-state index in [9.17, 15) is 8.42 Å². The minimum absolute atomic E-state index is 0.111. The molecule has 2 aromatic rings. The summed E-state index contributed by atoms with van der Waals surface area (Å²) in [6, 6.07) is 4.01. The Bertz CT molecular complexity index is 885. The predicted octanol–water partition coefficient (Wildman–Crippen LogP) is 0.808. The van der Waals surface area contributed by atoms with Crippen LogP contribution in [0, 0.1) is 12.8 Å². The van der Waals surface area contributed by atoms with Crippen LogP contribution in [0.1, 0.15) is 24.2 Å². The number of pyridine rings is 1. The molecule has 0 radical (unpaired) electrons. The minimum Gasteiger partial charge on any atom is -0.339 e. The van der Waals surface area contributed by atoms with Gasteiger partial charge in [0.2, 0.25) is 15.9 Å². The van der Waals surface area contributed by atoms with Gasteiger partial charge in [-0.3, -0.25) is 9.88 Å². The molecule has 0 unspecified atom stereocenters. The van der Waals surface area contributed by atoms with Gasteiger partial charge in [0, 0.05) is 51.0 Å². The summed E-state index contributed by atoms with van der Waals surface area (Å²) >= 11 is 0. The number of likely N-dealkylation sites (tertiary alicyclic amines) is 1. The molecule has 2 saturated heterocycles. The fourth-order valence-corrected chi connectivity index (χ4v) is 5.39. The third-order valence-corrected chi connectivity index (χ3v) is 7.31. The fourth-order valence-electron chi connectivity index (χ4n) is 4.19. The fraction of sp³-hybridized carbons (Fsp3) is 0.588. The lowest BCUT2D eigenvalue weighted by atomic mass is 9.81. The highest BCUT2D eigenvalue weighted by molar-refractivity contribution is 7.89. The first-order chi connectivity index (χ1) is 12.4. The molecular weight excluding hydrogens is 354 g/mol. The molecule has 2 aliphatic rings. The second-order valence-corrected chi connectivity index (χ2v) is 9.48. The standard InChI is InChI=1S/C17H23N5O3S/c1-3-26(23,24)22-10-15-9-21(8-14-4-6-18-7-5-14)11-17(15,12-22)16-19-13(2)20-25-16/h4-7,15H,3,8-12H2,1-2H3/t15-,17-/m0/s1. The van der Waals surface area contributed by atoms with E-state index in [-0.39, 0.29) is 11.7 Å². The van der Waals surface area contributed by atoms with Crippen molar-refractivity contribution in [1.82, 2.24) is 24.3 Å². The highest BCUT2D eigenvalue weighted by atomic mass is 32.2. The van der Waals surface area contributed by atoms with Gasteiger partial charge in [0.1, 0.15) is 0 Å². The van der Waals surface area contributed by atoms with Gasteiger partial charge in [-0.2, -0.15) is 4.98 Å². The highest BCUT2D eigenvalue weighted by Gasteiger charge is 2.58. The molecule has 0 aliphatic carbocycles. The summed E-state index contributed by atoms with van der Waals surface area (Å²) < 4.78 is 32.0. The van der Waals surface area contributed by atoms with E-state index in [2.05, 4.69) is 20.0 Å². The van der Waals surface area contributed by atoms with Crippen molar-refractivity contribution in [2.24, 2.45) is 5.92 Å². The van der Waals surface area contributed by atoms with Gasteiger partial charge in [0.25, 0.3) is 0 Å². The first-order valence-corrected chi connectivity index (χ1v) is 10.4. The zero-order valence-corrected chi connectivity index (χ0v) is 15.8. The molecular formula is C17H23N5O3S. The van der Waals surface area contributed by atoms with Crippen molar-refractivity contribution in [3.05, 3.63) is 41.8 Å². The third kappa shape index (κ3) is 2.93. The summed E-state index contributed by atoms with van der Waals surface area (Å²) in [6.45, 7) is 6.69. The van der Waals surface area contributed by atoms with Gasteiger partial charge >= 0.3 is 0 Å². The lowest BCUT2D eigenvalue weighted by Gasteiger charge is -2.25. The number of aryl methyl sites for hydroxylation is 1. The van der Waals surface area contributed by atoms with E-state index in [4.69, 9.17) is 4.52 Å². The Hall–Kier alpha value is -1.84. The Morgan fingerprint density at radius 2 is 2.04 bits per heavy atom. The molecule has 0 saturated carbocycles. The Kier molecular flexibility index (Phi) is 4.32. The molecule has 0 N–H and O–H groups in total. The second-order valence-electron chi connectivity index (χ2n) is 7.22. The van der Waals surface area contributed by atoms with Gasteiger partial charge in [-0.25, -0.2) is 12.7 Å². The monoisotopic (exact) mass is 377 g/mol. The van der Waals surface area contributed by atoms with E-state index in [0.717, 1.165) is 13.1 Å². The lowest BCUT2D eigenvalue weighted by molar-refractivity contribution is 0.244. The summed E-state index contributed by atoms with van der Waals surface area (Å²) in [5, 5.41) is 3.95. The van der Waals surface area contributed by atoms with Gasteiger partial charge in [-0.1, -0.05) is 5.16 Å². The summed E-state index contributed by atoms with van der Waals surface area (Å²) in [5.74, 6) is 1.40. The Balaban J connectivity index is 1.63. The number of fused-ring (bicyclic) bond motifs is 1. The van der Waals surface area contributed by atoms with Gasteiger partial charge in [-0.05, 0) is 31.5 Å². The van der Waals surface area contributed by atoms with E-state index in [1.807, 2.05) is 12.1 Å². The van der Waals surface area contributed by atoms with Crippen molar-refractivity contribution >= 4 is 10.0 Å². The van der Waals surface area contributed by atoms with Crippen LogP contribution in [-0.2, 0) is 22.0 Å². The van der Waals surface area contributed by atoms with Gasteiger partial charge in [0.05, 0.1) is 11.2 Å². The van der Waals surface area contributed by atoms with Crippen LogP contribution in [0.25, 0.3) is 0 Å². The molecule has 4 heterocycles. The number of aromatic nitrogens is 3. The number of hydrogen-bond acceptors (Lipinski definition) is 7. The summed E-state index contributed by atoms with van der Waals surface area (Å²) in [7, 11) is -3.24. The van der Waals surface area contributed by atoms with Gasteiger partial charge in [0.15, 0.2) is 5.82 Å². The van der Waals surface area contributed by atoms with E-state index < -0.39 is 15.4 Å². The van der Waals surface area contributed by atoms with Crippen molar-refractivity contribution in [2.45, 2.75) is 25.8 Å². The van der Waals surface area contributed by atoms with Crippen molar-refractivity contribution in [2.75, 3.05) is 31.9 Å². The summed E-state index contributed by atoms with van der Waals surface area (Å²) in [6.07, 6.45) is 3.58. The minimum atomic E-state index is -3.24. The van der Waals surface area contributed by atoms with Crippen molar-refractivity contribution in [3.8, 4) is 0 Å². The van der Waals surface area contributed by atoms with Gasteiger partial charge < -0.3 is 4.52 Å². The number of nitrogens with zero attached hydrogens (tertiary/aromatic N) is 5. The SMILES string of the molecule is CCS(=O)(=O)N1C[C@@H]2CN(Cc3ccncc3)C[C@]2(c2nc(C)no2)C1. The Labute approximate surface area is 153 Å². The summed E-state index contributed by atoms with van der Waals surface area (Å²) in [5.41, 5.74) is 0.756. The topological polar surface area (TPSA) is 92.4 Å². The lowest BCUT2D eigenvalue weighted by Crippen LogP contribution is -2.40. The highest BCUT2D eigenvalue weighted by Crippen LogP contribution is 2.45. The molecule has 0 aromatic carbocycles. The van der Waals surface area contributed by atoms with Crippen molar-refractivity contribution in [3.63, 3.8) is 0 Å². The van der Waals surface area contributed by atoms with E-state index in [0.29, 0.717) is 31.3 Å². The van der Waals surface area contributed by atoms with Crippen LogP contribution in [0.2, 0.25) is 0 Å². The maximum absolute atomic E-state index is 12.4. The summed E-state index contributed by atoms with van der Waals surface area (Å²) in [4.78, 5) is 10.9. The molecule has 0 bridgehead atoms. The first kappa shape index (κ1) is 17.6. The largest absolute Gasteiger partial charge is 0.339 e. The zero-order chi connectivity index (χ0) is 18.4. The maximum Gasteiger partial charge on any atom is 0.235 e. The number of rotatable bonds is 5. The molecule has 26 heavy (non-hydrogen) atoms. The average molecular weight is 377 g/mol. The van der Waals surface area contributed by atoms with Crippen LogP contribution in [0.15, 0.2) is 29.0 Å². The number of hydrogen-bond donors (Lipinski definition) is 0. The van der Waals surface area contributed by atoms with Crippen LogP contribution in [0.5, 0.6) is 0 Å². The number of sulfonamides is 1. The van der Waals surface area contributed by atoms with Crippen LogP contribution >= 0.6 is 0 Å². The van der Waals surface area contributed by atoms with E-state index >= 15 is 0 Å². The molecule has 2 aliphatic heterocycles. The molecule has 2 fully saturated rings. The molecule has 2 aromatic heterocycles. The Morgan fingerprint density at radius 1 is 1.27 bits per heavy atom. The smallest absolute Gasteiger partial charge is 0.235 e. The molecule has 0 spiro atoms. The van der Waals surface area contributed by atoms with Crippen LogP contribution in [0.4, 0.5) is 0 Å². The van der Waals surface area contributed by atoms with Crippen LogP contribution in [0.3, 0.4) is 0 Å². The molecule has 0 amide bonds. The van der Waals surface area contributed by atoms with Gasteiger partial charge in [-0.15, -0.1) is 0 Å². The van der Waals surface area contributed by atoms with Crippen LogP contribution in [-0.4, -0.2) is 64.7 Å². The van der Waals surface area contributed by atoms with E-state index in [1.54, 1.807) is 30.5 Å². The Morgan fingerprint density at radius 3 is 2.69 bits per heavy atom. The molecule has 4 rings (SSSR count). The normalized spacial score (nSPS) is 27.1. The molecule has 8 nitrogen and oxygen atoms in total. The quantitative estimate of drug-likeness (QED) is 0.761. The first-order valence-electron chi connectivity index (χ1n) is 8.83. The van der Waals surface area contributed by atoms with E-state index in [1.165, 1.54) is 5.56 Å². The predicted molar refractivity (Wildman–Crippen MR) is 94.8 cm³/mol. The van der Waals surface area contributed by atoms with Crippen molar-refractivity contribution in [1.29, 1.82) is 0 Å². The molecule has 9 heteroatoms. The second kappa shape index (κ2) is 6.40. The van der Waals surface area contributed by atoms with Crippen molar-refractivity contribution < 1.29 is 12.9 Å². The maximum atomic E-state index is 12.4. The van der Waals surface area contributed by atoms with Crippen LogP contribution < -0.4 is 0 Å². The zero-order valence-electron chi connectivity index (χ0n) is 15.0. The third-order valence-electron chi connectivity index (χ3n) is 5.52. The average Bonchev–Trinajstić information content (AvgIpc) is 3.28. The molecule has 140 valence electrons.